The molecule has 0 spiro atoms. The lowest BCUT2D eigenvalue weighted by Crippen LogP contribution is -2.52. The van der Waals surface area contributed by atoms with Crippen LogP contribution >= 0.6 is 11.6 Å². The van der Waals surface area contributed by atoms with E-state index in [4.69, 9.17) is 11.6 Å². The number of hydrogen-bond acceptors (Lipinski definition) is 2. The summed E-state index contributed by atoms with van der Waals surface area (Å²) in [5.74, 6) is -0.802. The third-order valence-electron chi connectivity index (χ3n) is 5.84. The molecule has 3 aromatic carbocycles. The molecule has 34 heavy (non-hydrogen) atoms. The molecule has 0 fully saturated rings. The molecule has 0 radical (unpaired) electrons. The summed E-state index contributed by atoms with van der Waals surface area (Å²) in [5.41, 5.74) is 2.38. The Morgan fingerprint density at radius 3 is 2.24 bits per heavy atom. The van der Waals surface area contributed by atoms with Crippen LogP contribution in [0.15, 0.2) is 78.9 Å². The number of nitrogens with one attached hydrogen (secondary N) is 1. The zero-order chi connectivity index (χ0) is 24.5. The van der Waals surface area contributed by atoms with Crippen molar-refractivity contribution >= 4 is 23.4 Å². The molecule has 0 aliphatic heterocycles. The third kappa shape index (κ3) is 7.16. The molecular formula is C28H30ClFN2O2. The van der Waals surface area contributed by atoms with Crippen LogP contribution in [0.1, 0.15) is 37.0 Å². The maximum Gasteiger partial charge on any atom is 0.243 e. The van der Waals surface area contributed by atoms with Gasteiger partial charge in [-0.05, 0) is 48.2 Å². The van der Waals surface area contributed by atoms with Crippen molar-refractivity contribution in [3.63, 3.8) is 0 Å². The van der Waals surface area contributed by atoms with Crippen molar-refractivity contribution in [1.82, 2.24) is 10.2 Å². The average molecular weight is 481 g/mol. The van der Waals surface area contributed by atoms with Crippen molar-refractivity contribution < 1.29 is 14.0 Å². The summed E-state index contributed by atoms with van der Waals surface area (Å²) in [5, 5.41) is 3.57. The normalized spacial score (nSPS) is 12.6. The van der Waals surface area contributed by atoms with Crippen molar-refractivity contribution in [1.29, 1.82) is 0 Å². The molecule has 0 aromatic heterocycles. The van der Waals surface area contributed by atoms with E-state index in [9.17, 15) is 14.0 Å². The Balaban J connectivity index is 1.97. The molecule has 1 N–H and O–H groups in total. The smallest absolute Gasteiger partial charge is 0.243 e. The van der Waals surface area contributed by atoms with Gasteiger partial charge in [-0.3, -0.25) is 9.59 Å². The molecule has 0 unspecified atom stereocenters. The summed E-state index contributed by atoms with van der Waals surface area (Å²) >= 11 is 6.42. The lowest BCUT2D eigenvalue weighted by Gasteiger charge is -2.32. The number of carbonyl (C=O) groups excluding carboxylic acids is 2. The Morgan fingerprint density at radius 2 is 1.59 bits per heavy atom. The Hall–Kier alpha value is -3.18. The van der Waals surface area contributed by atoms with Crippen LogP contribution in [0.25, 0.3) is 0 Å². The molecule has 178 valence electrons. The fraction of sp³-hybridized carbons (Fsp3) is 0.286. The topological polar surface area (TPSA) is 49.4 Å². The number of rotatable bonds is 10. The largest absolute Gasteiger partial charge is 0.352 e. The summed E-state index contributed by atoms with van der Waals surface area (Å²) in [6.07, 6.45) is 1.19. The van der Waals surface area contributed by atoms with Crippen molar-refractivity contribution in [2.24, 2.45) is 0 Å². The first-order valence-corrected chi connectivity index (χ1v) is 11.9. The van der Waals surface area contributed by atoms with E-state index in [1.54, 1.807) is 23.1 Å². The zero-order valence-electron chi connectivity index (χ0n) is 19.5. The van der Waals surface area contributed by atoms with E-state index >= 15 is 0 Å². The minimum Gasteiger partial charge on any atom is -0.352 e. The van der Waals surface area contributed by atoms with E-state index in [0.717, 1.165) is 17.5 Å². The van der Waals surface area contributed by atoms with Gasteiger partial charge in [0, 0.05) is 24.0 Å². The first kappa shape index (κ1) is 25.4. The molecule has 0 bridgehead atoms. The zero-order valence-corrected chi connectivity index (χ0v) is 20.3. The quantitative estimate of drug-likeness (QED) is 0.412. The van der Waals surface area contributed by atoms with Crippen molar-refractivity contribution in [3.8, 4) is 0 Å². The highest BCUT2D eigenvalue weighted by Crippen LogP contribution is 2.21. The Bertz CT molecular complexity index is 1090. The minimum absolute atomic E-state index is 0.0277. The summed E-state index contributed by atoms with van der Waals surface area (Å²) in [7, 11) is 0. The maximum absolute atomic E-state index is 13.6. The number of nitrogens with zero attached hydrogens (tertiary/aromatic N) is 1. The van der Waals surface area contributed by atoms with Gasteiger partial charge >= 0.3 is 0 Å². The Labute approximate surface area is 205 Å². The molecule has 0 heterocycles. The van der Waals surface area contributed by atoms with Gasteiger partial charge in [0.05, 0.1) is 6.42 Å². The number of hydrogen-bond donors (Lipinski definition) is 1. The molecule has 0 saturated carbocycles. The van der Waals surface area contributed by atoms with Gasteiger partial charge in [0.2, 0.25) is 11.8 Å². The second kappa shape index (κ2) is 12.3. The van der Waals surface area contributed by atoms with Crippen LogP contribution in [0, 0.1) is 5.82 Å². The van der Waals surface area contributed by atoms with E-state index in [1.807, 2.05) is 62.4 Å². The molecule has 4 nitrogen and oxygen atoms in total. The van der Waals surface area contributed by atoms with Gasteiger partial charge in [0.25, 0.3) is 0 Å². The third-order valence-corrected chi connectivity index (χ3v) is 6.21. The van der Waals surface area contributed by atoms with E-state index in [0.29, 0.717) is 17.0 Å². The lowest BCUT2D eigenvalue weighted by atomic mass is 10.0. The van der Waals surface area contributed by atoms with Gasteiger partial charge in [-0.1, -0.05) is 79.2 Å². The maximum atomic E-state index is 13.6. The van der Waals surface area contributed by atoms with E-state index in [1.165, 1.54) is 12.1 Å². The van der Waals surface area contributed by atoms with Crippen LogP contribution in [0.3, 0.4) is 0 Å². The molecule has 2 atom stereocenters. The highest BCUT2D eigenvalue weighted by Gasteiger charge is 2.31. The van der Waals surface area contributed by atoms with Crippen LogP contribution in [0.4, 0.5) is 4.39 Å². The summed E-state index contributed by atoms with van der Waals surface area (Å²) in [6.45, 7) is 4.12. The summed E-state index contributed by atoms with van der Waals surface area (Å²) in [4.78, 5) is 28.7. The monoisotopic (exact) mass is 480 g/mol. The van der Waals surface area contributed by atoms with Gasteiger partial charge in [-0.2, -0.15) is 0 Å². The van der Waals surface area contributed by atoms with Crippen molar-refractivity contribution in [3.05, 3.63) is 106 Å². The first-order chi connectivity index (χ1) is 16.4. The lowest BCUT2D eigenvalue weighted by molar-refractivity contribution is -0.141. The molecule has 6 heteroatoms. The molecule has 0 saturated heterocycles. The van der Waals surface area contributed by atoms with Crippen molar-refractivity contribution in [2.75, 3.05) is 0 Å². The van der Waals surface area contributed by atoms with Gasteiger partial charge in [-0.25, -0.2) is 4.39 Å². The number of amides is 2. The van der Waals surface area contributed by atoms with E-state index in [-0.39, 0.29) is 36.6 Å². The molecular weight excluding hydrogens is 451 g/mol. The second-order valence-electron chi connectivity index (χ2n) is 8.44. The Morgan fingerprint density at radius 1 is 0.941 bits per heavy atom. The summed E-state index contributed by atoms with van der Waals surface area (Å²) < 4.78 is 13.4. The molecule has 2 amide bonds. The second-order valence-corrected chi connectivity index (χ2v) is 8.85. The fourth-order valence-corrected chi connectivity index (χ4v) is 3.88. The standard InChI is InChI=1S/C28H30ClFN2O2/c1-3-20(2)31-28(34)26(17-21-9-5-4-6-10-21)32(19-23-11-7-8-12-25(23)29)27(33)18-22-13-15-24(30)16-14-22/h4-16,20,26H,3,17-19H2,1-2H3,(H,31,34)/t20-,26-/m1/s1. The molecule has 0 aliphatic carbocycles. The molecule has 3 rings (SSSR count). The highest BCUT2D eigenvalue weighted by molar-refractivity contribution is 6.31. The number of benzene rings is 3. The van der Waals surface area contributed by atoms with Gasteiger partial charge in [0.15, 0.2) is 0 Å². The van der Waals surface area contributed by atoms with Gasteiger partial charge in [-0.15, -0.1) is 0 Å². The van der Waals surface area contributed by atoms with Crippen LogP contribution in [0.5, 0.6) is 0 Å². The van der Waals surface area contributed by atoms with Crippen LogP contribution in [-0.4, -0.2) is 28.8 Å². The molecule has 3 aromatic rings. The van der Waals surface area contributed by atoms with Crippen LogP contribution < -0.4 is 5.32 Å². The first-order valence-electron chi connectivity index (χ1n) is 11.5. The Kier molecular flexibility index (Phi) is 9.23. The summed E-state index contributed by atoms with van der Waals surface area (Å²) in [6, 6.07) is 22.0. The van der Waals surface area contributed by atoms with Gasteiger partial charge in [0.1, 0.15) is 11.9 Å². The van der Waals surface area contributed by atoms with E-state index < -0.39 is 6.04 Å². The van der Waals surface area contributed by atoms with Crippen molar-refractivity contribution in [2.45, 2.75) is 51.7 Å². The van der Waals surface area contributed by atoms with Gasteiger partial charge < -0.3 is 10.2 Å². The van der Waals surface area contributed by atoms with Crippen LogP contribution in [0.2, 0.25) is 5.02 Å². The predicted molar refractivity (Wildman–Crippen MR) is 134 cm³/mol. The SMILES string of the molecule is CC[C@@H](C)NC(=O)[C@@H](Cc1ccccc1)N(Cc1ccccc1Cl)C(=O)Cc1ccc(F)cc1. The number of halogens is 2. The predicted octanol–water partition coefficient (Wildman–Crippen LogP) is 5.58. The highest BCUT2D eigenvalue weighted by atomic mass is 35.5. The fourth-order valence-electron chi connectivity index (χ4n) is 3.68. The number of carbonyl (C=O) groups is 2. The average Bonchev–Trinajstić information content (AvgIpc) is 2.84. The van der Waals surface area contributed by atoms with Crippen LogP contribution in [-0.2, 0) is 29.0 Å². The molecule has 0 aliphatic rings. The van der Waals surface area contributed by atoms with E-state index in [2.05, 4.69) is 5.32 Å². The minimum atomic E-state index is -0.736.